The first kappa shape index (κ1) is 12.5. The summed E-state index contributed by atoms with van der Waals surface area (Å²) in [5.41, 5.74) is 5.98. The minimum Gasteiger partial charge on any atom is -0.386 e. The van der Waals surface area contributed by atoms with Crippen LogP contribution < -0.4 is 5.73 Å². The van der Waals surface area contributed by atoms with Crippen LogP contribution in [0.1, 0.15) is 57.8 Å². The Morgan fingerprint density at radius 3 is 2.12 bits per heavy atom. The number of ketones is 1. The normalized spacial score (nSPS) is 23.6. The van der Waals surface area contributed by atoms with Crippen molar-refractivity contribution < 1.29 is 4.79 Å². The summed E-state index contributed by atoms with van der Waals surface area (Å²) in [6.45, 7) is 3.94. The number of hydrogen-bond donors (Lipinski definition) is 1. The molecule has 0 radical (unpaired) electrons. The van der Waals surface area contributed by atoms with Crippen LogP contribution in [-0.4, -0.2) is 22.8 Å². The quantitative estimate of drug-likeness (QED) is 0.819. The molecule has 0 aromatic heterocycles. The monoisotopic (exact) mass is 236 g/mol. The second-order valence-corrected chi connectivity index (χ2v) is 5.46. The van der Waals surface area contributed by atoms with Crippen LogP contribution in [0.2, 0.25) is 0 Å². The fourth-order valence-electron chi connectivity index (χ4n) is 3.33. The summed E-state index contributed by atoms with van der Waals surface area (Å²) >= 11 is 0. The third-order valence-corrected chi connectivity index (χ3v) is 4.21. The van der Waals surface area contributed by atoms with E-state index in [9.17, 15) is 4.79 Å². The molecule has 17 heavy (non-hydrogen) atoms. The molecule has 96 valence electrons. The molecule has 0 aromatic rings. The van der Waals surface area contributed by atoms with Crippen LogP contribution in [0.5, 0.6) is 0 Å². The molecule has 0 heterocycles. The molecule has 2 rings (SSSR count). The van der Waals surface area contributed by atoms with Crippen LogP contribution in [0, 0.1) is 0 Å². The summed E-state index contributed by atoms with van der Waals surface area (Å²) in [5, 5.41) is 0. The maximum absolute atomic E-state index is 11.3. The Bertz CT molecular complexity index is 285. The lowest BCUT2D eigenvalue weighted by Gasteiger charge is -2.42. The predicted octanol–water partition coefficient (Wildman–Crippen LogP) is 2.56. The molecule has 2 saturated carbocycles. The largest absolute Gasteiger partial charge is 0.386 e. The van der Waals surface area contributed by atoms with Crippen LogP contribution >= 0.6 is 0 Å². The molecule has 3 nitrogen and oxygen atoms in total. The van der Waals surface area contributed by atoms with Crippen LogP contribution in [0.15, 0.2) is 12.4 Å². The highest BCUT2D eigenvalue weighted by Crippen LogP contribution is 2.30. The van der Waals surface area contributed by atoms with E-state index in [0.717, 1.165) is 25.7 Å². The molecule has 0 unspecified atom stereocenters. The number of Topliss-reactive ketones (excluding diaryl/α,β-unsaturated/α-hetero) is 1. The van der Waals surface area contributed by atoms with Crippen molar-refractivity contribution in [1.29, 1.82) is 0 Å². The minimum absolute atomic E-state index is 0.410. The van der Waals surface area contributed by atoms with Gasteiger partial charge in [0.2, 0.25) is 0 Å². The number of nitrogens with two attached hydrogens (primary N) is 1. The molecule has 0 atom stereocenters. The van der Waals surface area contributed by atoms with Crippen molar-refractivity contribution in [3.8, 4) is 0 Å². The summed E-state index contributed by atoms with van der Waals surface area (Å²) in [7, 11) is 0. The fraction of sp³-hybridized carbons (Fsp3) is 0.786. The van der Waals surface area contributed by atoms with Gasteiger partial charge in [-0.2, -0.15) is 0 Å². The SMILES string of the molecule is C=C(N)N(C1CCCCC1)C1CCC(=O)CC1. The maximum Gasteiger partial charge on any atom is 0.133 e. The van der Waals surface area contributed by atoms with Crippen molar-refractivity contribution in [2.24, 2.45) is 5.73 Å². The Morgan fingerprint density at radius 2 is 1.59 bits per heavy atom. The highest BCUT2D eigenvalue weighted by Gasteiger charge is 2.30. The molecule has 2 fully saturated rings. The van der Waals surface area contributed by atoms with Crippen LogP contribution in [0.4, 0.5) is 0 Å². The van der Waals surface area contributed by atoms with Gasteiger partial charge in [0.1, 0.15) is 5.78 Å². The average Bonchev–Trinajstić information content (AvgIpc) is 2.33. The average molecular weight is 236 g/mol. The molecule has 2 N–H and O–H groups in total. The second kappa shape index (κ2) is 5.56. The zero-order valence-corrected chi connectivity index (χ0v) is 10.7. The number of hydrogen-bond acceptors (Lipinski definition) is 3. The molecule has 0 spiro atoms. The summed E-state index contributed by atoms with van der Waals surface area (Å²) in [6.07, 6.45) is 9.81. The fourth-order valence-corrected chi connectivity index (χ4v) is 3.33. The zero-order chi connectivity index (χ0) is 12.3. The van der Waals surface area contributed by atoms with Gasteiger partial charge in [-0.25, -0.2) is 0 Å². The molecule has 0 bridgehead atoms. The van der Waals surface area contributed by atoms with E-state index in [1.807, 2.05) is 0 Å². The first-order valence-electron chi connectivity index (χ1n) is 6.93. The van der Waals surface area contributed by atoms with E-state index in [1.165, 1.54) is 32.1 Å². The molecule has 0 aromatic carbocycles. The van der Waals surface area contributed by atoms with E-state index >= 15 is 0 Å². The zero-order valence-electron chi connectivity index (χ0n) is 10.7. The first-order chi connectivity index (χ1) is 8.18. The van der Waals surface area contributed by atoms with Gasteiger partial charge in [-0.3, -0.25) is 4.79 Å². The van der Waals surface area contributed by atoms with Crippen LogP contribution in [0.25, 0.3) is 0 Å². The number of carbonyl (C=O) groups is 1. The summed E-state index contributed by atoms with van der Waals surface area (Å²) < 4.78 is 0. The van der Waals surface area contributed by atoms with Gasteiger partial charge >= 0.3 is 0 Å². The Labute approximate surface area is 104 Å². The van der Waals surface area contributed by atoms with Crippen molar-refractivity contribution in [1.82, 2.24) is 4.90 Å². The molecular formula is C14H24N2O. The Kier molecular flexibility index (Phi) is 4.08. The smallest absolute Gasteiger partial charge is 0.133 e. The van der Waals surface area contributed by atoms with E-state index in [4.69, 9.17) is 5.73 Å². The highest BCUT2D eigenvalue weighted by molar-refractivity contribution is 5.79. The Balaban J connectivity index is 2.00. The molecule has 0 amide bonds. The van der Waals surface area contributed by atoms with E-state index in [1.54, 1.807) is 0 Å². The van der Waals surface area contributed by atoms with Gasteiger partial charge in [-0.15, -0.1) is 0 Å². The lowest BCUT2D eigenvalue weighted by atomic mass is 9.88. The summed E-state index contributed by atoms with van der Waals surface area (Å²) in [5.74, 6) is 1.11. The third kappa shape index (κ3) is 3.02. The van der Waals surface area contributed by atoms with Crippen LogP contribution in [-0.2, 0) is 4.79 Å². The lowest BCUT2D eigenvalue weighted by Crippen LogP contribution is -2.46. The highest BCUT2D eigenvalue weighted by atomic mass is 16.1. The van der Waals surface area contributed by atoms with Gasteiger partial charge in [0.25, 0.3) is 0 Å². The van der Waals surface area contributed by atoms with Gasteiger partial charge in [-0.05, 0) is 25.7 Å². The standard InChI is InChI=1S/C14H24N2O/c1-11(15)16(12-5-3-2-4-6-12)13-7-9-14(17)10-8-13/h12-13H,1-10,15H2. The van der Waals surface area contributed by atoms with Gasteiger partial charge < -0.3 is 10.6 Å². The van der Waals surface area contributed by atoms with Gasteiger partial charge in [0, 0.05) is 24.9 Å². The summed E-state index contributed by atoms with van der Waals surface area (Å²) in [6, 6.07) is 1.02. The van der Waals surface area contributed by atoms with Gasteiger partial charge in [0.05, 0.1) is 5.82 Å². The predicted molar refractivity (Wildman–Crippen MR) is 69.3 cm³/mol. The summed E-state index contributed by atoms with van der Waals surface area (Å²) in [4.78, 5) is 13.6. The van der Waals surface area contributed by atoms with Crippen molar-refractivity contribution in [2.75, 3.05) is 0 Å². The topological polar surface area (TPSA) is 46.3 Å². The lowest BCUT2D eigenvalue weighted by molar-refractivity contribution is -0.121. The molecule has 0 aliphatic heterocycles. The van der Waals surface area contributed by atoms with Gasteiger partial charge in [-0.1, -0.05) is 25.8 Å². The molecular weight excluding hydrogens is 212 g/mol. The molecule has 3 heteroatoms. The van der Waals surface area contributed by atoms with Crippen molar-refractivity contribution >= 4 is 5.78 Å². The number of rotatable bonds is 3. The van der Waals surface area contributed by atoms with Crippen LogP contribution in [0.3, 0.4) is 0 Å². The first-order valence-corrected chi connectivity index (χ1v) is 6.93. The van der Waals surface area contributed by atoms with E-state index in [-0.39, 0.29) is 0 Å². The molecule has 2 aliphatic carbocycles. The Hall–Kier alpha value is -0.990. The van der Waals surface area contributed by atoms with Crippen molar-refractivity contribution in [3.05, 3.63) is 12.4 Å². The van der Waals surface area contributed by atoms with E-state index in [0.29, 0.717) is 23.7 Å². The van der Waals surface area contributed by atoms with Crippen molar-refractivity contribution in [2.45, 2.75) is 69.9 Å². The number of carbonyl (C=O) groups excluding carboxylic acids is 1. The molecule has 2 aliphatic rings. The Morgan fingerprint density at radius 1 is 1.06 bits per heavy atom. The maximum atomic E-state index is 11.3. The van der Waals surface area contributed by atoms with Gasteiger partial charge in [0.15, 0.2) is 0 Å². The third-order valence-electron chi connectivity index (χ3n) is 4.21. The second-order valence-electron chi connectivity index (χ2n) is 5.46. The van der Waals surface area contributed by atoms with E-state index < -0.39 is 0 Å². The van der Waals surface area contributed by atoms with E-state index in [2.05, 4.69) is 11.5 Å². The number of nitrogens with zero attached hydrogens (tertiary/aromatic N) is 1. The van der Waals surface area contributed by atoms with Crippen molar-refractivity contribution in [3.63, 3.8) is 0 Å². The molecule has 0 saturated heterocycles. The minimum atomic E-state index is 0.410.